The highest BCUT2D eigenvalue weighted by Crippen LogP contribution is 2.38. The Morgan fingerprint density at radius 2 is 2.12 bits per heavy atom. The van der Waals surface area contributed by atoms with Crippen molar-refractivity contribution in [3.63, 3.8) is 0 Å². The molecule has 2 rings (SSSR count). The van der Waals surface area contributed by atoms with E-state index in [1.54, 1.807) is 7.11 Å². The van der Waals surface area contributed by atoms with E-state index in [9.17, 15) is 0 Å². The summed E-state index contributed by atoms with van der Waals surface area (Å²) in [5.41, 5.74) is 2.63. The number of hydrogen-bond donors (Lipinski definition) is 0. The first-order chi connectivity index (χ1) is 8.11. The molecule has 0 aromatic heterocycles. The SMILES string of the molecule is COc1ccc(C)cc1CC1CCC(Cl)C1C. The molecule has 0 saturated heterocycles. The van der Waals surface area contributed by atoms with E-state index in [2.05, 4.69) is 32.0 Å². The maximum absolute atomic E-state index is 6.30. The summed E-state index contributed by atoms with van der Waals surface area (Å²) in [4.78, 5) is 0. The van der Waals surface area contributed by atoms with Gasteiger partial charge in [-0.2, -0.15) is 0 Å². The minimum Gasteiger partial charge on any atom is -0.496 e. The lowest BCUT2D eigenvalue weighted by Gasteiger charge is -2.19. The lowest BCUT2D eigenvalue weighted by atomic mass is 9.90. The largest absolute Gasteiger partial charge is 0.496 e. The lowest BCUT2D eigenvalue weighted by Crippen LogP contribution is -2.13. The van der Waals surface area contributed by atoms with E-state index in [0.717, 1.165) is 18.6 Å². The van der Waals surface area contributed by atoms with Gasteiger partial charge < -0.3 is 4.74 Å². The Kier molecular flexibility index (Phi) is 3.98. The van der Waals surface area contributed by atoms with Gasteiger partial charge in [-0.15, -0.1) is 11.6 Å². The number of hydrogen-bond acceptors (Lipinski definition) is 1. The average Bonchev–Trinajstić information content (AvgIpc) is 2.61. The van der Waals surface area contributed by atoms with Gasteiger partial charge in [-0.05, 0) is 49.7 Å². The summed E-state index contributed by atoms with van der Waals surface area (Å²) in [6.07, 6.45) is 3.49. The third-order valence-electron chi connectivity index (χ3n) is 4.05. The summed E-state index contributed by atoms with van der Waals surface area (Å²) in [5, 5.41) is 0.357. The van der Waals surface area contributed by atoms with Gasteiger partial charge in [0, 0.05) is 5.38 Å². The van der Waals surface area contributed by atoms with Gasteiger partial charge in [0.25, 0.3) is 0 Å². The van der Waals surface area contributed by atoms with Gasteiger partial charge in [0.2, 0.25) is 0 Å². The quantitative estimate of drug-likeness (QED) is 0.733. The maximum atomic E-state index is 6.30. The van der Waals surface area contributed by atoms with Crippen molar-refractivity contribution >= 4 is 11.6 Å². The molecular formula is C15H21ClO. The predicted molar refractivity (Wildman–Crippen MR) is 73.0 cm³/mol. The molecule has 1 nitrogen and oxygen atoms in total. The van der Waals surface area contributed by atoms with Gasteiger partial charge in [0.05, 0.1) is 7.11 Å². The summed E-state index contributed by atoms with van der Waals surface area (Å²) in [6.45, 7) is 4.41. The summed E-state index contributed by atoms with van der Waals surface area (Å²) in [7, 11) is 1.75. The number of aryl methyl sites for hydroxylation is 1. The minimum atomic E-state index is 0.357. The molecule has 0 aliphatic heterocycles. The van der Waals surface area contributed by atoms with E-state index < -0.39 is 0 Å². The Labute approximate surface area is 109 Å². The van der Waals surface area contributed by atoms with Crippen molar-refractivity contribution in [1.82, 2.24) is 0 Å². The van der Waals surface area contributed by atoms with E-state index in [1.807, 2.05) is 0 Å². The average molecular weight is 253 g/mol. The third kappa shape index (κ3) is 2.77. The highest BCUT2D eigenvalue weighted by Gasteiger charge is 2.31. The van der Waals surface area contributed by atoms with Crippen molar-refractivity contribution < 1.29 is 4.74 Å². The number of alkyl halides is 1. The van der Waals surface area contributed by atoms with Crippen LogP contribution in [0.4, 0.5) is 0 Å². The highest BCUT2D eigenvalue weighted by atomic mass is 35.5. The first-order valence-electron chi connectivity index (χ1n) is 6.39. The highest BCUT2D eigenvalue weighted by molar-refractivity contribution is 6.20. The third-order valence-corrected chi connectivity index (χ3v) is 4.66. The van der Waals surface area contributed by atoms with Crippen LogP contribution in [0.3, 0.4) is 0 Å². The zero-order chi connectivity index (χ0) is 12.4. The zero-order valence-electron chi connectivity index (χ0n) is 10.9. The van der Waals surface area contributed by atoms with Gasteiger partial charge in [-0.3, -0.25) is 0 Å². The molecule has 94 valence electrons. The molecule has 0 radical (unpaired) electrons. The van der Waals surface area contributed by atoms with Crippen LogP contribution < -0.4 is 4.74 Å². The number of methoxy groups -OCH3 is 1. The Hall–Kier alpha value is -0.690. The molecule has 0 amide bonds. The lowest BCUT2D eigenvalue weighted by molar-refractivity contribution is 0.387. The second-order valence-corrected chi connectivity index (χ2v) is 5.79. The number of halogens is 1. The van der Waals surface area contributed by atoms with Crippen LogP contribution >= 0.6 is 11.6 Å². The van der Waals surface area contributed by atoms with Gasteiger partial charge in [-0.25, -0.2) is 0 Å². The van der Waals surface area contributed by atoms with Crippen LogP contribution in [0.5, 0.6) is 5.75 Å². The molecule has 3 atom stereocenters. The van der Waals surface area contributed by atoms with Crippen molar-refractivity contribution in [2.45, 2.75) is 38.5 Å². The van der Waals surface area contributed by atoms with E-state index in [4.69, 9.17) is 16.3 Å². The topological polar surface area (TPSA) is 9.23 Å². The summed E-state index contributed by atoms with van der Waals surface area (Å²) < 4.78 is 5.44. The predicted octanol–water partition coefficient (Wildman–Crippen LogP) is 4.20. The summed E-state index contributed by atoms with van der Waals surface area (Å²) in [5.74, 6) is 2.33. The first-order valence-corrected chi connectivity index (χ1v) is 6.83. The van der Waals surface area contributed by atoms with Crippen LogP contribution in [0.25, 0.3) is 0 Å². The molecule has 0 spiro atoms. The van der Waals surface area contributed by atoms with Crippen LogP contribution in [0.2, 0.25) is 0 Å². The number of rotatable bonds is 3. The van der Waals surface area contributed by atoms with Gasteiger partial charge in [0.1, 0.15) is 5.75 Å². The Bertz CT molecular complexity index is 389. The molecular weight excluding hydrogens is 232 g/mol. The van der Waals surface area contributed by atoms with Crippen molar-refractivity contribution in [3.8, 4) is 5.75 Å². The van der Waals surface area contributed by atoms with Crippen molar-refractivity contribution in [2.75, 3.05) is 7.11 Å². The van der Waals surface area contributed by atoms with E-state index in [1.165, 1.54) is 17.5 Å². The monoisotopic (exact) mass is 252 g/mol. The smallest absolute Gasteiger partial charge is 0.122 e. The van der Waals surface area contributed by atoms with Crippen LogP contribution in [0, 0.1) is 18.8 Å². The Morgan fingerprint density at radius 3 is 2.71 bits per heavy atom. The fourth-order valence-corrected chi connectivity index (χ4v) is 3.16. The molecule has 0 heterocycles. The maximum Gasteiger partial charge on any atom is 0.122 e. The van der Waals surface area contributed by atoms with Crippen LogP contribution in [0.1, 0.15) is 30.9 Å². The fraction of sp³-hybridized carbons (Fsp3) is 0.600. The Balaban J connectivity index is 2.15. The van der Waals surface area contributed by atoms with Gasteiger partial charge in [-0.1, -0.05) is 24.6 Å². The van der Waals surface area contributed by atoms with Gasteiger partial charge >= 0.3 is 0 Å². The number of benzene rings is 1. The Morgan fingerprint density at radius 1 is 1.35 bits per heavy atom. The van der Waals surface area contributed by atoms with E-state index in [-0.39, 0.29) is 0 Å². The van der Waals surface area contributed by atoms with Crippen LogP contribution in [0.15, 0.2) is 18.2 Å². The van der Waals surface area contributed by atoms with Gasteiger partial charge in [0.15, 0.2) is 0 Å². The normalized spacial score (nSPS) is 28.4. The zero-order valence-corrected chi connectivity index (χ0v) is 11.6. The van der Waals surface area contributed by atoms with Crippen LogP contribution in [-0.4, -0.2) is 12.5 Å². The summed E-state index contributed by atoms with van der Waals surface area (Å²) >= 11 is 6.30. The molecule has 17 heavy (non-hydrogen) atoms. The second-order valence-electron chi connectivity index (χ2n) is 5.23. The van der Waals surface area contributed by atoms with Crippen molar-refractivity contribution in [1.29, 1.82) is 0 Å². The molecule has 1 saturated carbocycles. The number of ether oxygens (including phenoxy) is 1. The molecule has 1 aromatic rings. The molecule has 1 aromatic carbocycles. The molecule has 3 unspecified atom stereocenters. The first kappa shape index (κ1) is 12.8. The fourth-order valence-electron chi connectivity index (χ4n) is 2.83. The molecule has 2 heteroatoms. The second kappa shape index (κ2) is 5.30. The van der Waals surface area contributed by atoms with Crippen molar-refractivity contribution in [3.05, 3.63) is 29.3 Å². The molecule has 0 bridgehead atoms. The molecule has 1 aliphatic rings. The molecule has 1 fully saturated rings. The standard InChI is InChI=1S/C15H21ClO/c1-10-4-7-15(17-3)13(8-10)9-12-5-6-14(16)11(12)2/h4,7-8,11-12,14H,5-6,9H2,1-3H3. The summed E-state index contributed by atoms with van der Waals surface area (Å²) in [6, 6.07) is 6.42. The van der Waals surface area contributed by atoms with Crippen molar-refractivity contribution in [2.24, 2.45) is 11.8 Å². The minimum absolute atomic E-state index is 0.357. The van der Waals surface area contributed by atoms with Crippen LogP contribution in [-0.2, 0) is 6.42 Å². The van der Waals surface area contributed by atoms with E-state index in [0.29, 0.717) is 17.2 Å². The molecule has 0 N–H and O–H groups in total. The van der Waals surface area contributed by atoms with E-state index >= 15 is 0 Å². The molecule has 1 aliphatic carbocycles.